The third-order valence-corrected chi connectivity index (χ3v) is 6.59. The molecule has 1 fully saturated rings. The highest BCUT2D eigenvalue weighted by molar-refractivity contribution is 6.42. The van der Waals surface area contributed by atoms with Crippen LogP contribution in [0.4, 0.5) is 4.39 Å². The number of nitrogens with zero attached hydrogens (tertiary/aromatic N) is 3. The molecule has 1 aliphatic heterocycles. The van der Waals surface area contributed by atoms with Crippen LogP contribution in [0.3, 0.4) is 0 Å². The second kappa shape index (κ2) is 10.1. The maximum absolute atomic E-state index is 14.3. The number of esters is 1. The highest BCUT2D eigenvalue weighted by atomic mass is 35.5. The third-order valence-electron chi connectivity index (χ3n) is 5.86. The van der Waals surface area contributed by atoms with Gasteiger partial charge in [0.15, 0.2) is 0 Å². The van der Waals surface area contributed by atoms with E-state index in [1.807, 2.05) is 0 Å². The van der Waals surface area contributed by atoms with Gasteiger partial charge in [-0.3, -0.25) is 9.59 Å². The predicted molar refractivity (Wildman–Crippen MR) is 125 cm³/mol. The van der Waals surface area contributed by atoms with Crippen LogP contribution < -0.4 is 0 Å². The number of halogens is 3. The van der Waals surface area contributed by atoms with E-state index in [4.69, 9.17) is 27.9 Å². The molecule has 1 unspecified atom stereocenters. The van der Waals surface area contributed by atoms with Gasteiger partial charge in [0.1, 0.15) is 18.2 Å². The molecule has 0 saturated carbocycles. The molecule has 0 aliphatic carbocycles. The van der Waals surface area contributed by atoms with Crippen LogP contribution in [0.1, 0.15) is 31.2 Å². The van der Waals surface area contributed by atoms with Crippen molar-refractivity contribution >= 4 is 46.1 Å². The molecule has 33 heavy (non-hydrogen) atoms. The molecule has 1 aromatic heterocycles. The van der Waals surface area contributed by atoms with Gasteiger partial charge in [-0.1, -0.05) is 41.4 Å². The molecule has 3 aromatic rings. The molecule has 2 heterocycles. The Balaban J connectivity index is 1.64. The van der Waals surface area contributed by atoms with Gasteiger partial charge in [-0.25, -0.2) is 9.37 Å². The summed E-state index contributed by atoms with van der Waals surface area (Å²) in [7, 11) is 0. The van der Waals surface area contributed by atoms with Crippen LogP contribution in [0.5, 0.6) is 0 Å². The standard InChI is InChI=1S/C24H24Cl2FN3O3/c1-2-33-24(32)16-7-5-9-29(13-16)23(31)14-30-21-12-18(26)17(25)11-20(21)28-22(30)10-15-6-3-4-8-19(15)27/h3-4,6,8,11-12,16H,2,5,7,9-10,13-14H2,1H3. The van der Waals surface area contributed by atoms with Gasteiger partial charge in [0.05, 0.1) is 33.6 Å². The number of fused-ring (bicyclic) bond motifs is 1. The number of rotatable bonds is 6. The third kappa shape index (κ3) is 5.14. The smallest absolute Gasteiger partial charge is 0.310 e. The summed E-state index contributed by atoms with van der Waals surface area (Å²) in [6, 6.07) is 9.78. The van der Waals surface area contributed by atoms with Crippen LogP contribution in [-0.4, -0.2) is 46.0 Å². The van der Waals surface area contributed by atoms with Crippen molar-refractivity contribution in [2.24, 2.45) is 5.92 Å². The molecule has 4 rings (SSSR count). The lowest BCUT2D eigenvalue weighted by Gasteiger charge is -2.31. The highest BCUT2D eigenvalue weighted by Gasteiger charge is 2.30. The summed E-state index contributed by atoms with van der Waals surface area (Å²) in [6.07, 6.45) is 1.63. The molecule has 0 spiro atoms. The number of carbonyl (C=O) groups excluding carboxylic acids is 2. The number of likely N-dealkylation sites (tertiary alicyclic amines) is 1. The molecule has 174 valence electrons. The second-order valence-corrected chi connectivity index (χ2v) is 8.88. The Morgan fingerprint density at radius 3 is 2.73 bits per heavy atom. The number of ether oxygens (including phenoxy) is 1. The normalized spacial score (nSPS) is 16.2. The van der Waals surface area contributed by atoms with Gasteiger partial charge < -0.3 is 14.2 Å². The van der Waals surface area contributed by atoms with Crippen molar-refractivity contribution in [3.8, 4) is 0 Å². The summed E-state index contributed by atoms with van der Waals surface area (Å²) in [6.45, 7) is 2.96. The Morgan fingerprint density at radius 1 is 1.21 bits per heavy atom. The van der Waals surface area contributed by atoms with E-state index in [-0.39, 0.29) is 36.6 Å². The molecule has 1 aliphatic rings. The minimum absolute atomic E-state index is 0.00616. The fourth-order valence-electron chi connectivity index (χ4n) is 4.18. The van der Waals surface area contributed by atoms with Crippen LogP contribution in [0, 0.1) is 11.7 Å². The first-order valence-electron chi connectivity index (χ1n) is 10.9. The number of hydrogen-bond donors (Lipinski definition) is 0. The lowest BCUT2D eigenvalue weighted by atomic mass is 9.98. The first-order valence-corrected chi connectivity index (χ1v) is 11.6. The van der Waals surface area contributed by atoms with E-state index in [0.29, 0.717) is 58.6 Å². The SMILES string of the molecule is CCOC(=O)C1CCCN(C(=O)Cn2c(Cc3ccccc3F)nc3cc(Cl)c(Cl)cc32)C1. The zero-order chi connectivity index (χ0) is 23.5. The molecule has 0 bridgehead atoms. The van der Waals surface area contributed by atoms with Crippen LogP contribution in [0.15, 0.2) is 36.4 Å². The second-order valence-electron chi connectivity index (χ2n) is 8.07. The fraction of sp³-hybridized carbons (Fsp3) is 0.375. The molecule has 1 atom stereocenters. The molecular formula is C24H24Cl2FN3O3. The van der Waals surface area contributed by atoms with E-state index in [9.17, 15) is 14.0 Å². The van der Waals surface area contributed by atoms with Gasteiger partial charge in [-0.2, -0.15) is 0 Å². The van der Waals surface area contributed by atoms with E-state index in [0.717, 1.165) is 6.42 Å². The Hall–Kier alpha value is -2.64. The maximum Gasteiger partial charge on any atom is 0.310 e. The number of benzene rings is 2. The fourth-order valence-corrected chi connectivity index (χ4v) is 4.50. The zero-order valence-electron chi connectivity index (χ0n) is 18.2. The van der Waals surface area contributed by atoms with Gasteiger partial charge >= 0.3 is 5.97 Å². The summed E-state index contributed by atoms with van der Waals surface area (Å²) in [4.78, 5) is 31.7. The molecule has 0 radical (unpaired) electrons. The first kappa shape index (κ1) is 23.5. The van der Waals surface area contributed by atoms with Gasteiger partial charge in [-0.15, -0.1) is 0 Å². The van der Waals surface area contributed by atoms with Crippen molar-refractivity contribution in [2.75, 3.05) is 19.7 Å². The van der Waals surface area contributed by atoms with Crippen molar-refractivity contribution in [2.45, 2.75) is 32.7 Å². The Labute approximate surface area is 201 Å². The van der Waals surface area contributed by atoms with Gasteiger partial charge in [-0.05, 0) is 43.5 Å². The molecule has 0 N–H and O–H groups in total. The van der Waals surface area contributed by atoms with E-state index < -0.39 is 0 Å². The highest BCUT2D eigenvalue weighted by Crippen LogP contribution is 2.29. The molecule has 1 amide bonds. The van der Waals surface area contributed by atoms with E-state index in [1.165, 1.54) is 6.07 Å². The van der Waals surface area contributed by atoms with Crippen LogP contribution in [0.25, 0.3) is 11.0 Å². The number of hydrogen-bond acceptors (Lipinski definition) is 4. The van der Waals surface area contributed by atoms with E-state index in [2.05, 4.69) is 4.98 Å². The van der Waals surface area contributed by atoms with E-state index >= 15 is 0 Å². The summed E-state index contributed by atoms with van der Waals surface area (Å²) in [5.41, 5.74) is 1.69. The van der Waals surface area contributed by atoms with Crippen LogP contribution in [-0.2, 0) is 27.3 Å². The first-order chi connectivity index (χ1) is 15.9. The van der Waals surface area contributed by atoms with Crippen molar-refractivity contribution in [3.05, 3.63) is 63.6 Å². The number of piperidine rings is 1. The summed E-state index contributed by atoms with van der Waals surface area (Å²) < 4.78 is 21.2. The lowest BCUT2D eigenvalue weighted by molar-refractivity contribution is -0.151. The summed E-state index contributed by atoms with van der Waals surface area (Å²) in [5.74, 6) is -0.560. The van der Waals surface area contributed by atoms with Gasteiger partial charge in [0, 0.05) is 19.5 Å². The minimum Gasteiger partial charge on any atom is -0.466 e. The number of aromatic nitrogens is 2. The van der Waals surface area contributed by atoms with Crippen molar-refractivity contribution in [1.82, 2.24) is 14.5 Å². The largest absolute Gasteiger partial charge is 0.466 e. The van der Waals surface area contributed by atoms with Crippen LogP contribution >= 0.6 is 23.2 Å². The number of amides is 1. The maximum atomic E-state index is 14.3. The van der Waals surface area contributed by atoms with Crippen molar-refractivity contribution in [1.29, 1.82) is 0 Å². The lowest BCUT2D eigenvalue weighted by Crippen LogP contribution is -2.44. The summed E-state index contributed by atoms with van der Waals surface area (Å²) >= 11 is 12.4. The Bertz CT molecular complexity index is 1200. The molecule has 1 saturated heterocycles. The molecule has 2 aromatic carbocycles. The van der Waals surface area contributed by atoms with Crippen LogP contribution in [0.2, 0.25) is 10.0 Å². The predicted octanol–water partition coefficient (Wildman–Crippen LogP) is 4.87. The van der Waals surface area contributed by atoms with Crippen molar-refractivity contribution < 1.29 is 18.7 Å². The molecule has 6 nitrogen and oxygen atoms in total. The van der Waals surface area contributed by atoms with Gasteiger partial charge in [0.25, 0.3) is 0 Å². The minimum atomic E-state index is -0.341. The average molecular weight is 492 g/mol. The average Bonchev–Trinajstić information content (AvgIpc) is 3.11. The zero-order valence-corrected chi connectivity index (χ0v) is 19.7. The van der Waals surface area contributed by atoms with Gasteiger partial charge in [0.2, 0.25) is 5.91 Å². The van der Waals surface area contributed by atoms with E-state index in [1.54, 1.807) is 46.7 Å². The molecule has 9 heteroatoms. The topological polar surface area (TPSA) is 64.4 Å². The van der Waals surface area contributed by atoms with Crippen molar-refractivity contribution in [3.63, 3.8) is 0 Å². The quantitative estimate of drug-likeness (QED) is 0.461. The molecular weight excluding hydrogens is 468 g/mol. The monoisotopic (exact) mass is 491 g/mol. The number of imidazole rings is 1. The summed E-state index contributed by atoms with van der Waals surface area (Å²) in [5, 5.41) is 0.696. The Kier molecular flexibility index (Phi) is 7.20. The Morgan fingerprint density at radius 2 is 1.97 bits per heavy atom. The number of carbonyl (C=O) groups is 2.